The number of esters is 1. The Balaban J connectivity index is 1.75. The molecule has 4 atom stereocenters. The molecule has 2 saturated carbocycles. The molecular formula is C17H31NO3. The summed E-state index contributed by atoms with van der Waals surface area (Å²) in [4.78, 5) is 11.9. The van der Waals surface area contributed by atoms with Crippen LogP contribution < -0.4 is 5.32 Å². The monoisotopic (exact) mass is 297 g/mol. The summed E-state index contributed by atoms with van der Waals surface area (Å²) in [6.07, 6.45) is 9.09. The summed E-state index contributed by atoms with van der Waals surface area (Å²) in [6, 6.07) is 0.439. The Labute approximate surface area is 128 Å². The van der Waals surface area contributed by atoms with E-state index in [9.17, 15) is 9.90 Å². The van der Waals surface area contributed by atoms with Gasteiger partial charge in [0.25, 0.3) is 0 Å². The second-order valence-corrected chi connectivity index (χ2v) is 6.71. The number of carbonyl (C=O) groups is 1. The number of hydrogen-bond donors (Lipinski definition) is 2. The molecule has 0 heterocycles. The van der Waals surface area contributed by atoms with Gasteiger partial charge in [0.1, 0.15) is 0 Å². The summed E-state index contributed by atoms with van der Waals surface area (Å²) < 4.78 is 5.16. The maximum atomic E-state index is 11.9. The van der Waals surface area contributed by atoms with Gasteiger partial charge in [-0.3, -0.25) is 4.79 Å². The van der Waals surface area contributed by atoms with Crippen LogP contribution in [0.3, 0.4) is 0 Å². The fraction of sp³-hybridized carbons (Fsp3) is 0.941. The Morgan fingerprint density at radius 3 is 2.62 bits per heavy atom. The number of aliphatic hydroxyl groups is 1. The third-order valence-corrected chi connectivity index (χ3v) is 5.26. The van der Waals surface area contributed by atoms with Crippen molar-refractivity contribution >= 4 is 5.97 Å². The summed E-state index contributed by atoms with van der Waals surface area (Å²) >= 11 is 0. The van der Waals surface area contributed by atoms with Crippen molar-refractivity contribution in [3.05, 3.63) is 0 Å². The normalized spacial score (nSPS) is 33.6. The average Bonchev–Trinajstić information content (AvgIpc) is 2.53. The van der Waals surface area contributed by atoms with Crippen molar-refractivity contribution in [2.45, 2.75) is 64.3 Å². The zero-order valence-corrected chi connectivity index (χ0v) is 13.4. The van der Waals surface area contributed by atoms with E-state index in [1.165, 1.54) is 25.7 Å². The molecule has 0 bridgehead atoms. The van der Waals surface area contributed by atoms with Crippen molar-refractivity contribution in [3.8, 4) is 0 Å². The Bertz CT molecular complexity index is 321. The number of ether oxygens (including phenoxy) is 1. The number of rotatable bonds is 6. The lowest BCUT2D eigenvalue weighted by Gasteiger charge is -2.34. The van der Waals surface area contributed by atoms with Crippen LogP contribution in [0.5, 0.6) is 0 Å². The topological polar surface area (TPSA) is 58.6 Å². The van der Waals surface area contributed by atoms with Gasteiger partial charge in [0.05, 0.1) is 12.5 Å². The quantitative estimate of drug-likeness (QED) is 0.740. The molecule has 0 radical (unpaired) electrons. The lowest BCUT2D eigenvalue weighted by molar-refractivity contribution is -0.149. The first-order valence-corrected chi connectivity index (χ1v) is 8.75. The van der Waals surface area contributed by atoms with E-state index in [0.29, 0.717) is 31.1 Å². The zero-order chi connectivity index (χ0) is 15.1. The Hall–Kier alpha value is -0.610. The van der Waals surface area contributed by atoms with Crippen LogP contribution in [0.25, 0.3) is 0 Å². The van der Waals surface area contributed by atoms with Crippen molar-refractivity contribution in [2.75, 3.05) is 19.8 Å². The molecule has 0 saturated heterocycles. The van der Waals surface area contributed by atoms with Crippen LogP contribution in [0.15, 0.2) is 0 Å². The summed E-state index contributed by atoms with van der Waals surface area (Å²) in [5, 5.41) is 13.1. The molecule has 21 heavy (non-hydrogen) atoms. The van der Waals surface area contributed by atoms with Crippen LogP contribution >= 0.6 is 0 Å². The molecule has 4 heteroatoms. The molecule has 4 nitrogen and oxygen atoms in total. The van der Waals surface area contributed by atoms with Gasteiger partial charge >= 0.3 is 5.97 Å². The van der Waals surface area contributed by atoms with Gasteiger partial charge < -0.3 is 15.2 Å². The van der Waals surface area contributed by atoms with Crippen LogP contribution in [-0.2, 0) is 9.53 Å². The molecule has 0 aliphatic heterocycles. The minimum atomic E-state index is -0.0186. The average molecular weight is 297 g/mol. The minimum absolute atomic E-state index is 0.0186. The maximum absolute atomic E-state index is 11.9. The highest BCUT2D eigenvalue weighted by Crippen LogP contribution is 2.30. The summed E-state index contributed by atoms with van der Waals surface area (Å²) in [5.41, 5.74) is 0. The molecule has 4 unspecified atom stereocenters. The van der Waals surface area contributed by atoms with Crippen LogP contribution in [0.4, 0.5) is 0 Å². The van der Waals surface area contributed by atoms with E-state index in [2.05, 4.69) is 5.32 Å². The summed E-state index contributed by atoms with van der Waals surface area (Å²) in [6.45, 7) is 3.66. The molecule has 2 aliphatic carbocycles. The molecule has 0 amide bonds. The lowest BCUT2D eigenvalue weighted by atomic mass is 9.79. The molecule has 2 aliphatic rings. The molecule has 2 fully saturated rings. The van der Waals surface area contributed by atoms with Gasteiger partial charge in [-0.25, -0.2) is 0 Å². The largest absolute Gasteiger partial charge is 0.466 e. The number of nitrogens with one attached hydrogen (secondary N) is 1. The number of carbonyl (C=O) groups excluding carboxylic acids is 1. The number of aliphatic hydroxyl groups excluding tert-OH is 1. The highest BCUT2D eigenvalue weighted by molar-refractivity contribution is 5.72. The fourth-order valence-electron chi connectivity index (χ4n) is 3.96. The van der Waals surface area contributed by atoms with Gasteiger partial charge in [0.2, 0.25) is 0 Å². The third-order valence-electron chi connectivity index (χ3n) is 5.26. The molecule has 0 aromatic carbocycles. The molecule has 2 rings (SSSR count). The Morgan fingerprint density at radius 1 is 1.14 bits per heavy atom. The van der Waals surface area contributed by atoms with Crippen molar-refractivity contribution in [1.82, 2.24) is 5.32 Å². The van der Waals surface area contributed by atoms with Crippen molar-refractivity contribution in [3.63, 3.8) is 0 Å². The van der Waals surface area contributed by atoms with Gasteiger partial charge in [-0.2, -0.15) is 0 Å². The summed E-state index contributed by atoms with van der Waals surface area (Å²) in [7, 11) is 0. The van der Waals surface area contributed by atoms with Crippen LogP contribution in [-0.4, -0.2) is 36.9 Å². The van der Waals surface area contributed by atoms with E-state index in [1.807, 2.05) is 6.92 Å². The van der Waals surface area contributed by atoms with E-state index in [1.54, 1.807) is 0 Å². The van der Waals surface area contributed by atoms with Gasteiger partial charge in [0, 0.05) is 12.6 Å². The highest BCUT2D eigenvalue weighted by atomic mass is 16.5. The van der Waals surface area contributed by atoms with E-state index in [-0.39, 0.29) is 11.9 Å². The van der Waals surface area contributed by atoms with Crippen molar-refractivity contribution < 1.29 is 14.6 Å². The van der Waals surface area contributed by atoms with Crippen LogP contribution in [0.1, 0.15) is 58.3 Å². The van der Waals surface area contributed by atoms with Crippen molar-refractivity contribution in [2.24, 2.45) is 17.8 Å². The van der Waals surface area contributed by atoms with Crippen molar-refractivity contribution in [1.29, 1.82) is 0 Å². The van der Waals surface area contributed by atoms with Crippen LogP contribution in [0, 0.1) is 17.8 Å². The predicted molar refractivity (Wildman–Crippen MR) is 82.9 cm³/mol. The van der Waals surface area contributed by atoms with E-state index >= 15 is 0 Å². The van der Waals surface area contributed by atoms with Gasteiger partial charge in [-0.1, -0.05) is 19.3 Å². The van der Waals surface area contributed by atoms with E-state index < -0.39 is 0 Å². The first kappa shape index (κ1) is 16.8. The molecule has 122 valence electrons. The van der Waals surface area contributed by atoms with Crippen LogP contribution in [0.2, 0.25) is 0 Å². The molecule has 0 aromatic rings. The fourth-order valence-corrected chi connectivity index (χ4v) is 3.96. The first-order chi connectivity index (χ1) is 10.2. The minimum Gasteiger partial charge on any atom is -0.466 e. The Kier molecular flexibility index (Phi) is 6.97. The highest BCUT2D eigenvalue weighted by Gasteiger charge is 2.30. The molecule has 0 spiro atoms. The molecule has 2 N–H and O–H groups in total. The molecular weight excluding hydrogens is 266 g/mol. The smallest absolute Gasteiger partial charge is 0.308 e. The standard InChI is InChI=1S/C17H31NO3/c1-2-21-17(20)13-8-5-9-16(10-13)18-11-14-6-3-4-7-15(14)12-19/h13-16,18-19H,2-12H2,1H3. The summed E-state index contributed by atoms with van der Waals surface area (Å²) in [5.74, 6) is 1.13. The van der Waals surface area contributed by atoms with Gasteiger partial charge in [-0.15, -0.1) is 0 Å². The third kappa shape index (κ3) is 4.96. The Morgan fingerprint density at radius 2 is 1.90 bits per heavy atom. The second-order valence-electron chi connectivity index (χ2n) is 6.71. The predicted octanol–water partition coefficient (Wildman–Crippen LogP) is 2.50. The zero-order valence-electron chi connectivity index (χ0n) is 13.4. The van der Waals surface area contributed by atoms with E-state index in [4.69, 9.17) is 4.74 Å². The lowest BCUT2D eigenvalue weighted by Crippen LogP contribution is -2.41. The second kappa shape index (κ2) is 8.74. The maximum Gasteiger partial charge on any atom is 0.308 e. The van der Waals surface area contributed by atoms with E-state index in [0.717, 1.165) is 32.2 Å². The van der Waals surface area contributed by atoms with Gasteiger partial charge in [0.15, 0.2) is 0 Å². The number of hydrogen-bond acceptors (Lipinski definition) is 4. The molecule has 0 aromatic heterocycles. The first-order valence-electron chi connectivity index (χ1n) is 8.75. The van der Waals surface area contributed by atoms with Gasteiger partial charge in [-0.05, 0) is 57.4 Å². The SMILES string of the molecule is CCOC(=O)C1CCCC(NCC2CCCCC2CO)C1.